The molecule has 0 spiro atoms. The molecule has 0 amide bonds. The van der Waals surface area contributed by atoms with Gasteiger partial charge >= 0.3 is 0 Å². The standard InChI is InChI=1S/C16H15FN2OS/c1-9(2)6-11-8-21-16-13(11)15(20)18-14(19-16)10-4-3-5-12(17)7-10/h3-5,7-9H,6H2,1-2H3,(H,18,19,20). The molecule has 0 saturated carbocycles. The maximum absolute atomic E-state index is 13.3. The second kappa shape index (κ2) is 5.41. The molecule has 0 unspecified atom stereocenters. The van der Waals surface area contributed by atoms with Gasteiger partial charge in [0.05, 0.1) is 5.39 Å². The number of thiophene rings is 1. The minimum Gasteiger partial charge on any atom is -0.306 e. The van der Waals surface area contributed by atoms with Crippen LogP contribution >= 0.6 is 11.3 Å². The van der Waals surface area contributed by atoms with Crippen LogP contribution in [0.25, 0.3) is 21.6 Å². The van der Waals surface area contributed by atoms with E-state index in [1.165, 1.54) is 23.5 Å². The summed E-state index contributed by atoms with van der Waals surface area (Å²) in [6.07, 6.45) is 0.851. The molecule has 3 rings (SSSR count). The molecule has 0 bridgehead atoms. The van der Waals surface area contributed by atoms with Crippen molar-refractivity contribution < 1.29 is 4.39 Å². The average molecular weight is 302 g/mol. The Morgan fingerprint density at radius 3 is 2.90 bits per heavy atom. The Labute approximate surface area is 125 Å². The topological polar surface area (TPSA) is 45.8 Å². The van der Waals surface area contributed by atoms with Crippen LogP contribution in [0.5, 0.6) is 0 Å². The van der Waals surface area contributed by atoms with Gasteiger partial charge in [0.25, 0.3) is 5.56 Å². The first kappa shape index (κ1) is 13.9. The van der Waals surface area contributed by atoms with E-state index in [0.29, 0.717) is 27.5 Å². The van der Waals surface area contributed by atoms with Crippen LogP contribution in [0, 0.1) is 11.7 Å². The SMILES string of the molecule is CC(C)Cc1csc2nc(-c3cccc(F)c3)[nH]c(=O)c12. The molecule has 0 fully saturated rings. The highest BCUT2D eigenvalue weighted by molar-refractivity contribution is 7.16. The van der Waals surface area contributed by atoms with Crippen LogP contribution in [0.4, 0.5) is 4.39 Å². The first-order chi connectivity index (χ1) is 10.0. The van der Waals surface area contributed by atoms with E-state index < -0.39 is 0 Å². The summed E-state index contributed by atoms with van der Waals surface area (Å²) in [6.45, 7) is 4.23. The van der Waals surface area contributed by atoms with Crippen LogP contribution < -0.4 is 5.56 Å². The molecule has 2 aromatic heterocycles. The molecule has 0 radical (unpaired) electrons. The molecule has 3 nitrogen and oxygen atoms in total. The molecule has 5 heteroatoms. The van der Waals surface area contributed by atoms with Crippen molar-refractivity contribution in [1.82, 2.24) is 9.97 Å². The van der Waals surface area contributed by atoms with E-state index in [1.54, 1.807) is 12.1 Å². The third-order valence-electron chi connectivity index (χ3n) is 3.25. The van der Waals surface area contributed by atoms with Gasteiger partial charge in [-0.3, -0.25) is 4.79 Å². The number of hydrogen-bond acceptors (Lipinski definition) is 3. The number of halogens is 1. The summed E-state index contributed by atoms with van der Waals surface area (Å²) in [5.41, 5.74) is 1.45. The number of nitrogens with one attached hydrogen (secondary N) is 1. The Morgan fingerprint density at radius 2 is 2.19 bits per heavy atom. The lowest BCUT2D eigenvalue weighted by atomic mass is 10.0. The van der Waals surface area contributed by atoms with Crippen molar-refractivity contribution in [1.29, 1.82) is 0 Å². The maximum Gasteiger partial charge on any atom is 0.260 e. The summed E-state index contributed by atoms with van der Waals surface area (Å²) in [5.74, 6) is 0.539. The van der Waals surface area contributed by atoms with Crippen LogP contribution in [-0.4, -0.2) is 9.97 Å². The van der Waals surface area contributed by atoms with Crippen molar-refractivity contribution in [3.05, 3.63) is 51.4 Å². The molecule has 0 aliphatic carbocycles. The summed E-state index contributed by atoms with van der Waals surface area (Å²) >= 11 is 1.46. The average Bonchev–Trinajstić information content (AvgIpc) is 2.81. The van der Waals surface area contributed by atoms with Crippen molar-refractivity contribution in [2.24, 2.45) is 5.92 Å². The summed E-state index contributed by atoms with van der Waals surface area (Å²) in [4.78, 5) is 20.3. The molecule has 0 atom stereocenters. The number of hydrogen-bond donors (Lipinski definition) is 1. The van der Waals surface area contributed by atoms with Gasteiger partial charge in [-0.2, -0.15) is 0 Å². The van der Waals surface area contributed by atoms with E-state index in [0.717, 1.165) is 12.0 Å². The quantitative estimate of drug-likeness (QED) is 0.795. The zero-order valence-electron chi connectivity index (χ0n) is 11.8. The molecular formula is C16H15FN2OS. The Morgan fingerprint density at radius 1 is 1.38 bits per heavy atom. The monoisotopic (exact) mass is 302 g/mol. The second-order valence-corrected chi connectivity index (χ2v) is 6.32. The maximum atomic E-state index is 13.3. The van der Waals surface area contributed by atoms with E-state index >= 15 is 0 Å². The number of nitrogens with zero attached hydrogens (tertiary/aromatic N) is 1. The molecule has 108 valence electrons. The molecular weight excluding hydrogens is 287 g/mol. The van der Waals surface area contributed by atoms with Crippen LogP contribution in [0.15, 0.2) is 34.4 Å². The summed E-state index contributed by atoms with van der Waals surface area (Å²) < 4.78 is 13.3. The van der Waals surface area contributed by atoms with Crippen molar-refractivity contribution >= 4 is 21.6 Å². The van der Waals surface area contributed by atoms with E-state index in [9.17, 15) is 9.18 Å². The lowest BCUT2D eigenvalue weighted by Crippen LogP contribution is -2.10. The fraction of sp³-hybridized carbons (Fsp3) is 0.250. The molecule has 0 aliphatic rings. The van der Waals surface area contributed by atoms with Gasteiger partial charge in [-0.15, -0.1) is 11.3 Å². The van der Waals surface area contributed by atoms with E-state index in [-0.39, 0.29) is 11.4 Å². The lowest BCUT2D eigenvalue weighted by Gasteiger charge is -2.04. The van der Waals surface area contributed by atoms with Gasteiger partial charge in [0.2, 0.25) is 0 Å². The van der Waals surface area contributed by atoms with Crippen LogP contribution in [0.1, 0.15) is 19.4 Å². The molecule has 0 saturated heterocycles. The van der Waals surface area contributed by atoms with Gasteiger partial charge in [-0.1, -0.05) is 26.0 Å². The molecule has 1 N–H and O–H groups in total. The molecule has 1 aromatic carbocycles. The third kappa shape index (κ3) is 2.74. The highest BCUT2D eigenvalue weighted by Gasteiger charge is 2.13. The van der Waals surface area contributed by atoms with Crippen molar-refractivity contribution in [2.75, 3.05) is 0 Å². The smallest absolute Gasteiger partial charge is 0.260 e. The Hall–Kier alpha value is -2.01. The predicted molar refractivity (Wildman–Crippen MR) is 84.2 cm³/mol. The first-order valence-corrected chi connectivity index (χ1v) is 7.69. The van der Waals surface area contributed by atoms with Crippen molar-refractivity contribution in [2.45, 2.75) is 20.3 Å². The normalized spacial score (nSPS) is 11.4. The van der Waals surface area contributed by atoms with Gasteiger partial charge in [-0.25, -0.2) is 9.37 Å². The van der Waals surface area contributed by atoms with Gasteiger partial charge in [0, 0.05) is 5.56 Å². The fourth-order valence-electron chi connectivity index (χ4n) is 2.37. The molecule has 3 aromatic rings. The zero-order chi connectivity index (χ0) is 15.0. The third-order valence-corrected chi connectivity index (χ3v) is 4.17. The highest BCUT2D eigenvalue weighted by Crippen LogP contribution is 2.25. The summed E-state index contributed by atoms with van der Waals surface area (Å²) in [6, 6.07) is 6.07. The number of fused-ring (bicyclic) bond motifs is 1. The minimum absolute atomic E-state index is 0.156. The Bertz CT molecular complexity index is 851. The predicted octanol–water partition coefficient (Wildman–Crippen LogP) is 3.99. The summed E-state index contributed by atoms with van der Waals surface area (Å²) in [5, 5.41) is 2.65. The lowest BCUT2D eigenvalue weighted by molar-refractivity contribution is 0.628. The number of aromatic nitrogens is 2. The number of benzene rings is 1. The number of aromatic amines is 1. The van der Waals surface area contributed by atoms with Crippen molar-refractivity contribution in [3.63, 3.8) is 0 Å². The summed E-state index contributed by atoms with van der Waals surface area (Å²) in [7, 11) is 0. The Balaban J connectivity index is 2.15. The largest absolute Gasteiger partial charge is 0.306 e. The second-order valence-electron chi connectivity index (χ2n) is 5.46. The van der Waals surface area contributed by atoms with Gasteiger partial charge in [-0.05, 0) is 35.4 Å². The Kier molecular flexibility index (Phi) is 3.59. The molecule has 2 heterocycles. The van der Waals surface area contributed by atoms with Crippen LogP contribution in [-0.2, 0) is 6.42 Å². The molecule has 21 heavy (non-hydrogen) atoms. The number of rotatable bonds is 3. The van der Waals surface area contributed by atoms with Gasteiger partial charge in [0.1, 0.15) is 16.5 Å². The van der Waals surface area contributed by atoms with Gasteiger partial charge in [0.15, 0.2) is 0 Å². The van der Waals surface area contributed by atoms with Crippen LogP contribution in [0.2, 0.25) is 0 Å². The van der Waals surface area contributed by atoms with Crippen LogP contribution in [0.3, 0.4) is 0 Å². The fourth-order valence-corrected chi connectivity index (χ4v) is 3.32. The minimum atomic E-state index is -0.345. The highest BCUT2D eigenvalue weighted by atomic mass is 32.1. The van der Waals surface area contributed by atoms with E-state index in [1.807, 2.05) is 5.38 Å². The van der Waals surface area contributed by atoms with Gasteiger partial charge < -0.3 is 4.98 Å². The van der Waals surface area contributed by atoms with E-state index in [2.05, 4.69) is 23.8 Å². The van der Waals surface area contributed by atoms with E-state index in [4.69, 9.17) is 0 Å². The first-order valence-electron chi connectivity index (χ1n) is 6.81. The number of H-pyrrole nitrogens is 1. The van der Waals surface area contributed by atoms with Crippen molar-refractivity contribution in [3.8, 4) is 11.4 Å². The zero-order valence-corrected chi connectivity index (χ0v) is 12.6. The molecule has 0 aliphatic heterocycles.